The number of hydrogen-bond donors (Lipinski definition) is 1. The average Bonchev–Trinajstić information content (AvgIpc) is 1.61. The minimum absolute atomic E-state index is 0.795. The third-order valence-corrected chi connectivity index (χ3v) is 1.16. The summed E-state index contributed by atoms with van der Waals surface area (Å²) < 4.78 is 0. The van der Waals surface area contributed by atoms with E-state index < -0.39 is 0 Å². The van der Waals surface area contributed by atoms with Crippen molar-refractivity contribution < 1.29 is 0 Å². The van der Waals surface area contributed by atoms with Gasteiger partial charge in [0.2, 0.25) is 0 Å². The molecular formula is C4H10NP. The Hall–Kier alpha value is 0.100. The lowest BCUT2D eigenvalue weighted by Crippen LogP contribution is -1.66. The van der Waals surface area contributed by atoms with Crippen molar-refractivity contribution in [2.45, 2.75) is 19.8 Å². The predicted molar refractivity (Wildman–Crippen MR) is 29.4 cm³/mol. The van der Waals surface area contributed by atoms with E-state index in [1.54, 1.807) is 0 Å². The Morgan fingerprint density at radius 3 is 2.50 bits per heavy atom. The molecule has 36 valence electrons. The van der Waals surface area contributed by atoms with Gasteiger partial charge >= 0.3 is 0 Å². The van der Waals surface area contributed by atoms with Crippen molar-refractivity contribution in [2.24, 2.45) is 0 Å². The van der Waals surface area contributed by atoms with Gasteiger partial charge in [0.05, 0.1) is 0 Å². The molecule has 2 heteroatoms. The maximum atomic E-state index is 6.68. The Kier molecular flexibility index (Phi) is 5.18. The molecule has 0 aromatic rings. The van der Waals surface area contributed by atoms with Crippen LogP contribution in [0.15, 0.2) is 0 Å². The fourth-order valence-corrected chi connectivity index (χ4v) is 0.712. The van der Waals surface area contributed by atoms with Gasteiger partial charge in [-0.05, 0) is 14.8 Å². The molecule has 0 spiro atoms. The number of rotatable bonds is 3. The summed E-state index contributed by atoms with van der Waals surface area (Å²) in [5, 5.41) is 6.68. The maximum Gasteiger partial charge on any atom is 0.00660 e. The van der Waals surface area contributed by atoms with Crippen molar-refractivity contribution in [3.05, 3.63) is 0 Å². The first-order valence-electron chi connectivity index (χ1n) is 2.25. The van der Waals surface area contributed by atoms with Gasteiger partial charge in [-0.3, -0.25) is 5.16 Å². The molecule has 0 aromatic carbocycles. The number of unbranched alkanes of at least 4 members (excludes halogenated alkanes) is 1. The van der Waals surface area contributed by atoms with Crippen LogP contribution in [-0.4, -0.2) is 6.16 Å². The molecule has 6 heavy (non-hydrogen) atoms. The Morgan fingerprint density at radius 1 is 1.67 bits per heavy atom. The molecule has 0 radical (unpaired) electrons. The van der Waals surface area contributed by atoms with E-state index in [4.69, 9.17) is 5.16 Å². The van der Waals surface area contributed by atoms with Crippen LogP contribution < -0.4 is 0 Å². The maximum absolute atomic E-state index is 6.68. The zero-order valence-electron chi connectivity index (χ0n) is 4.07. The smallest absolute Gasteiger partial charge is 0.00660 e. The zero-order chi connectivity index (χ0) is 4.83. The molecule has 0 saturated heterocycles. The molecule has 0 aliphatic heterocycles. The van der Waals surface area contributed by atoms with E-state index in [9.17, 15) is 0 Å². The highest BCUT2D eigenvalue weighted by molar-refractivity contribution is 7.25. The third kappa shape index (κ3) is 4.10. The first-order valence-corrected chi connectivity index (χ1v) is 3.33. The van der Waals surface area contributed by atoms with E-state index in [2.05, 4.69) is 6.92 Å². The summed E-state index contributed by atoms with van der Waals surface area (Å²) in [7, 11) is 0.795. The topological polar surface area (TPSA) is 23.9 Å². The summed E-state index contributed by atoms with van der Waals surface area (Å²) in [4.78, 5) is 0. The van der Waals surface area contributed by atoms with E-state index in [1.807, 2.05) is 0 Å². The van der Waals surface area contributed by atoms with Crippen LogP contribution in [0.25, 0.3) is 0 Å². The van der Waals surface area contributed by atoms with E-state index in [1.165, 1.54) is 12.8 Å². The first-order chi connectivity index (χ1) is 2.91. The van der Waals surface area contributed by atoms with E-state index in [-0.39, 0.29) is 0 Å². The molecule has 0 aromatic heterocycles. The summed E-state index contributed by atoms with van der Waals surface area (Å²) in [5.74, 6) is 0. The predicted octanol–water partition coefficient (Wildman–Crippen LogP) is 2.50. The Balaban J connectivity index is 2.49. The lowest BCUT2D eigenvalue weighted by atomic mass is 10.4. The summed E-state index contributed by atoms with van der Waals surface area (Å²) in [6.45, 7) is 2.14. The SMILES string of the molecule is CCCCP=N. The van der Waals surface area contributed by atoms with Crippen LogP contribution in [0, 0.1) is 5.16 Å². The summed E-state index contributed by atoms with van der Waals surface area (Å²) in [6, 6.07) is 0. The van der Waals surface area contributed by atoms with Crippen LogP contribution in [0.5, 0.6) is 0 Å². The Labute approximate surface area is 40.4 Å². The summed E-state index contributed by atoms with van der Waals surface area (Å²) in [6.07, 6.45) is 3.49. The van der Waals surface area contributed by atoms with Crippen molar-refractivity contribution in [3.63, 3.8) is 0 Å². The van der Waals surface area contributed by atoms with Crippen molar-refractivity contribution in [2.75, 3.05) is 6.16 Å². The lowest BCUT2D eigenvalue weighted by Gasteiger charge is -1.80. The van der Waals surface area contributed by atoms with Gasteiger partial charge in [0, 0.05) is 6.16 Å². The summed E-state index contributed by atoms with van der Waals surface area (Å²) >= 11 is 0. The van der Waals surface area contributed by atoms with Crippen LogP contribution in [-0.2, 0) is 0 Å². The minimum atomic E-state index is 0.795. The van der Waals surface area contributed by atoms with Crippen LogP contribution >= 0.6 is 8.37 Å². The molecule has 0 rings (SSSR count). The molecule has 0 heterocycles. The molecule has 0 amide bonds. The monoisotopic (exact) mass is 103 g/mol. The number of nitrogens with one attached hydrogen (secondary N) is 1. The normalized spacial score (nSPS) is 9.50. The Morgan fingerprint density at radius 2 is 2.33 bits per heavy atom. The van der Waals surface area contributed by atoms with E-state index in [0.29, 0.717) is 0 Å². The Bertz CT molecular complexity index is 36.5. The largest absolute Gasteiger partial charge is 0.284 e. The standard InChI is InChI=1S/C4H10NP/c1-2-3-4-6-5/h5H,2-4H2,1H3. The fraction of sp³-hybridized carbons (Fsp3) is 1.00. The van der Waals surface area contributed by atoms with Crippen LogP contribution in [0.1, 0.15) is 19.8 Å². The second-order valence-electron chi connectivity index (χ2n) is 1.24. The number of hydrogen-bond acceptors (Lipinski definition) is 1. The molecule has 0 aliphatic carbocycles. The van der Waals surface area contributed by atoms with Gasteiger partial charge in [-0.15, -0.1) is 0 Å². The second kappa shape index (κ2) is 5.10. The lowest BCUT2D eigenvalue weighted by molar-refractivity contribution is 0.894. The highest BCUT2D eigenvalue weighted by Gasteiger charge is 1.73. The van der Waals surface area contributed by atoms with Gasteiger partial charge in [0.1, 0.15) is 0 Å². The van der Waals surface area contributed by atoms with Gasteiger partial charge < -0.3 is 0 Å². The molecule has 0 unspecified atom stereocenters. The fourth-order valence-electron chi connectivity index (χ4n) is 0.237. The van der Waals surface area contributed by atoms with Gasteiger partial charge in [0.15, 0.2) is 0 Å². The molecule has 0 saturated carbocycles. The molecule has 0 fully saturated rings. The van der Waals surface area contributed by atoms with Crippen LogP contribution in [0.2, 0.25) is 0 Å². The molecule has 0 atom stereocenters. The van der Waals surface area contributed by atoms with Gasteiger partial charge in [-0.1, -0.05) is 13.3 Å². The van der Waals surface area contributed by atoms with Gasteiger partial charge in [-0.2, -0.15) is 0 Å². The van der Waals surface area contributed by atoms with Gasteiger partial charge in [-0.25, -0.2) is 0 Å². The molecule has 0 aliphatic rings. The highest BCUT2D eigenvalue weighted by Crippen LogP contribution is 1.97. The van der Waals surface area contributed by atoms with Crippen LogP contribution in [0.4, 0.5) is 0 Å². The quantitative estimate of drug-likeness (QED) is 0.419. The first kappa shape index (κ1) is 6.10. The molecule has 1 N–H and O–H groups in total. The average molecular weight is 103 g/mol. The van der Waals surface area contributed by atoms with Crippen molar-refractivity contribution >= 4 is 8.37 Å². The van der Waals surface area contributed by atoms with Crippen molar-refractivity contribution in [3.8, 4) is 0 Å². The molecule has 1 nitrogen and oxygen atoms in total. The van der Waals surface area contributed by atoms with Crippen molar-refractivity contribution in [1.29, 1.82) is 5.16 Å². The van der Waals surface area contributed by atoms with E-state index >= 15 is 0 Å². The highest BCUT2D eigenvalue weighted by atomic mass is 31.1. The molecule has 0 bridgehead atoms. The second-order valence-corrected chi connectivity index (χ2v) is 2.00. The zero-order valence-corrected chi connectivity index (χ0v) is 4.96. The minimum Gasteiger partial charge on any atom is -0.284 e. The van der Waals surface area contributed by atoms with Crippen molar-refractivity contribution in [1.82, 2.24) is 0 Å². The van der Waals surface area contributed by atoms with Crippen LogP contribution in [0.3, 0.4) is 0 Å². The van der Waals surface area contributed by atoms with E-state index in [0.717, 1.165) is 14.5 Å². The molecular weight excluding hydrogens is 93.0 g/mol. The summed E-state index contributed by atoms with van der Waals surface area (Å²) in [5.41, 5.74) is 0. The third-order valence-electron chi connectivity index (χ3n) is 0.623. The van der Waals surface area contributed by atoms with Gasteiger partial charge in [0.25, 0.3) is 0 Å².